The van der Waals surface area contributed by atoms with E-state index in [9.17, 15) is 5.11 Å². The molecule has 2 aliphatic carbocycles. The monoisotopic (exact) mass is 462 g/mol. The van der Waals surface area contributed by atoms with Gasteiger partial charge in [-0.3, -0.25) is 4.98 Å². The molecule has 3 nitrogen and oxygen atoms in total. The van der Waals surface area contributed by atoms with Gasteiger partial charge in [0.1, 0.15) is 5.75 Å². The minimum absolute atomic E-state index is 0.0713. The first-order chi connectivity index (χ1) is 14.6. The fraction of sp³-hybridized carbons (Fsp3) is 0.423. The summed E-state index contributed by atoms with van der Waals surface area (Å²) in [4.78, 5) is 7.83. The molecule has 0 amide bonds. The lowest BCUT2D eigenvalue weighted by atomic mass is 9.58. The van der Waals surface area contributed by atoms with Crippen molar-refractivity contribution in [1.82, 2.24) is 9.88 Å². The molecule has 2 aromatic carbocycles. The van der Waals surface area contributed by atoms with Crippen LogP contribution in [0.3, 0.4) is 0 Å². The number of pyridine rings is 1. The zero-order valence-electron chi connectivity index (χ0n) is 17.1. The highest BCUT2D eigenvalue weighted by molar-refractivity contribution is 9.10. The first-order valence-electron chi connectivity index (χ1n) is 11.2. The Labute approximate surface area is 186 Å². The van der Waals surface area contributed by atoms with E-state index in [1.54, 1.807) is 6.07 Å². The molecule has 1 saturated carbocycles. The number of piperidine rings is 1. The molecule has 2 heterocycles. The van der Waals surface area contributed by atoms with Gasteiger partial charge < -0.3 is 10.0 Å². The van der Waals surface area contributed by atoms with E-state index in [-0.39, 0.29) is 5.41 Å². The summed E-state index contributed by atoms with van der Waals surface area (Å²) < 4.78 is 1.11. The van der Waals surface area contributed by atoms with E-state index in [2.05, 4.69) is 51.2 Å². The van der Waals surface area contributed by atoms with Gasteiger partial charge in [0.15, 0.2) is 0 Å². The number of likely N-dealkylation sites (tertiary alicyclic amines) is 1. The zero-order chi connectivity index (χ0) is 20.3. The van der Waals surface area contributed by atoms with Gasteiger partial charge in [-0.2, -0.15) is 0 Å². The summed E-state index contributed by atoms with van der Waals surface area (Å²) in [6.45, 7) is 3.57. The molecule has 4 heteroatoms. The zero-order valence-corrected chi connectivity index (χ0v) is 18.7. The van der Waals surface area contributed by atoms with Crippen LogP contribution in [0.1, 0.15) is 36.1 Å². The first-order valence-corrected chi connectivity index (χ1v) is 12.0. The second kappa shape index (κ2) is 7.06. The van der Waals surface area contributed by atoms with Crippen molar-refractivity contribution in [3.8, 4) is 5.75 Å². The molecule has 0 spiro atoms. The second-order valence-electron chi connectivity index (χ2n) is 9.67. The number of fused-ring (bicyclic) bond motifs is 3. The van der Waals surface area contributed by atoms with Gasteiger partial charge in [-0.25, -0.2) is 0 Å². The number of rotatable bonds is 3. The van der Waals surface area contributed by atoms with Crippen LogP contribution in [0.4, 0.5) is 0 Å². The largest absolute Gasteiger partial charge is 0.508 e. The Morgan fingerprint density at radius 3 is 2.87 bits per heavy atom. The molecular formula is C26H27BrN2O. The Kier molecular flexibility index (Phi) is 4.43. The SMILES string of the molecule is Oc1cccc([C@@]23CCN(CC4CC4)C[C@@H]2Cc2cc4cc(Br)ccc4nc2C3)c1. The molecule has 30 heavy (non-hydrogen) atoms. The van der Waals surface area contributed by atoms with E-state index in [0.29, 0.717) is 11.7 Å². The summed E-state index contributed by atoms with van der Waals surface area (Å²) in [5, 5.41) is 11.5. The van der Waals surface area contributed by atoms with Crippen LogP contribution in [-0.4, -0.2) is 34.6 Å². The van der Waals surface area contributed by atoms with Crippen molar-refractivity contribution in [2.45, 2.75) is 37.5 Å². The van der Waals surface area contributed by atoms with E-state index in [0.717, 1.165) is 48.3 Å². The summed E-state index contributed by atoms with van der Waals surface area (Å²) in [7, 11) is 0. The van der Waals surface area contributed by atoms with Crippen molar-refractivity contribution in [2.75, 3.05) is 19.6 Å². The van der Waals surface area contributed by atoms with E-state index >= 15 is 0 Å². The maximum absolute atomic E-state index is 10.2. The predicted octanol–water partition coefficient (Wildman–Crippen LogP) is 5.47. The molecule has 6 rings (SSSR count). The van der Waals surface area contributed by atoms with Crippen LogP contribution in [0.2, 0.25) is 0 Å². The molecule has 3 aliphatic rings. The average molecular weight is 463 g/mol. The Morgan fingerprint density at radius 1 is 1.13 bits per heavy atom. The summed E-state index contributed by atoms with van der Waals surface area (Å²) in [6, 6.07) is 16.8. The minimum atomic E-state index is 0.0713. The van der Waals surface area contributed by atoms with Crippen molar-refractivity contribution in [3.63, 3.8) is 0 Å². The fourth-order valence-electron chi connectivity index (χ4n) is 5.89. The normalized spacial score (nSPS) is 26.4. The molecule has 1 N–H and O–H groups in total. The molecule has 3 aromatic rings. The van der Waals surface area contributed by atoms with Crippen LogP contribution in [0.5, 0.6) is 5.75 Å². The van der Waals surface area contributed by atoms with Gasteiger partial charge >= 0.3 is 0 Å². The highest BCUT2D eigenvalue weighted by Crippen LogP contribution is 2.49. The fourth-order valence-corrected chi connectivity index (χ4v) is 6.27. The van der Waals surface area contributed by atoms with Crippen LogP contribution in [-0.2, 0) is 18.3 Å². The Bertz CT molecular complexity index is 1130. The predicted molar refractivity (Wildman–Crippen MR) is 124 cm³/mol. The maximum atomic E-state index is 10.2. The number of phenols is 1. The van der Waals surface area contributed by atoms with E-state index in [4.69, 9.17) is 4.98 Å². The van der Waals surface area contributed by atoms with Gasteiger partial charge in [-0.1, -0.05) is 28.1 Å². The molecule has 0 unspecified atom stereocenters. The molecule has 1 aromatic heterocycles. The Hall–Kier alpha value is -1.91. The van der Waals surface area contributed by atoms with Gasteiger partial charge in [-0.15, -0.1) is 0 Å². The number of hydrogen-bond acceptors (Lipinski definition) is 3. The van der Waals surface area contributed by atoms with Crippen molar-refractivity contribution >= 4 is 26.8 Å². The summed E-state index contributed by atoms with van der Waals surface area (Å²) in [5.74, 6) is 1.87. The molecule has 1 aliphatic heterocycles. The van der Waals surface area contributed by atoms with Crippen LogP contribution in [0.25, 0.3) is 10.9 Å². The number of hydrogen-bond donors (Lipinski definition) is 1. The third-order valence-corrected chi connectivity index (χ3v) is 8.16. The number of phenolic OH excluding ortho intramolecular Hbond substituents is 1. The standard InChI is InChI=1S/C26H27BrN2O/c27-22-6-7-24-19(12-22)10-18-11-21-16-29(15-17-4-5-17)9-8-26(21,14-25(18)28-24)20-2-1-3-23(30)13-20/h1-3,6-7,10,12-13,17,21,30H,4-5,8-9,11,14-16H2/t21-,26-/m0/s1. The lowest BCUT2D eigenvalue weighted by Crippen LogP contribution is -2.54. The highest BCUT2D eigenvalue weighted by Gasteiger charge is 2.48. The quantitative estimate of drug-likeness (QED) is 0.560. The molecule has 0 bridgehead atoms. The van der Waals surface area contributed by atoms with Crippen LogP contribution in [0.15, 0.2) is 53.0 Å². The number of benzene rings is 2. The summed E-state index contributed by atoms with van der Waals surface area (Å²) in [6.07, 6.45) is 6.01. The van der Waals surface area contributed by atoms with Crippen molar-refractivity contribution < 1.29 is 5.11 Å². The van der Waals surface area contributed by atoms with Crippen molar-refractivity contribution in [1.29, 1.82) is 0 Å². The first kappa shape index (κ1) is 18.8. The van der Waals surface area contributed by atoms with Crippen molar-refractivity contribution in [2.24, 2.45) is 11.8 Å². The van der Waals surface area contributed by atoms with Crippen LogP contribution >= 0.6 is 15.9 Å². The average Bonchev–Trinajstić information content (AvgIpc) is 3.55. The molecular weight excluding hydrogens is 436 g/mol. The molecule has 0 radical (unpaired) electrons. The molecule has 2 atom stereocenters. The van der Waals surface area contributed by atoms with Crippen LogP contribution in [0, 0.1) is 11.8 Å². The van der Waals surface area contributed by atoms with E-state index < -0.39 is 0 Å². The van der Waals surface area contributed by atoms with E-state index in [1.807, 2.05) is 12.1 Å². The number of aromatic nitrogens is 1. The van der Waals surface area contributed by atoms with E-state index in [1.165, 1.54) is 41.6 Å². The third kappa shape index (κ3) is 3.25. The smallest absolute Gasteiger partial charge is 0.115 e. The number of aromatic hydroxyl groups is 1. The summed E-state index contributed by atoms with van der Waals surface area (Å²) >= 11 is 3.61. The van der Waals surface area contributed by atoms with Gasteiger partial charge in [0.25, 0.3) is 0 Å². The van der Waals surface area contributed by atoms with Gasteiger partial charge in [-0.05, 0) is 91.6 Å². The lowest BCUT2D eigenvalue weighted by molar-refractivity contribution is 0.0777. The summed E-state index contributed by atoms with van der Waals surface area (Å²) in [5.41, 5.74) is 5.10. The highest BCUT2D eigenvalue weighted by atomic mass is 79.9. The van der Waals surface area contributed by atoms with Gasteiger partial charge in [0.05, 0.1) is 5.52 Å². The minimum Gasteiger partial charge on any atom is -0.508 e. The second-order valence-corrected chi connectivity index (χ2v) is 10.6. The van der Waals surface area contributed by atoms with Crippen LogP contribution < -0.4 is 0 Å². The molecule has 154 valence electrons. The topological polar surface area (TPSA) is 36.4 Å². The van der Waals surface area contributed by atoms with Gasteiger partial charge in [0.2, 0.25) is 0 Å². The molecule has 2 fully saturated rings. The number of nitrogens with zero attached hydrogens (tertiary/aromatic N) is 2. The third-order valence-electron chi connectivity index (χ3n) is 7.66. The number of halogens is 1. The van der Waals surface area contributed by atoms with Gasteiger partial charge in [0, 0.05) is 40.5 Å². The molecule has 1 saturated heterocycles. The van der Waals surface area contributed by atoms with Crippen molar-refractivity contribution in [3.05, 3.63) is 69.8 Å². The maximum Gasteiger partial charge on any atom is 0.115 e. The Morgan fingerprint density at radius 2 is 2.03 bits per heavy atom. The lowest BCUT2D eigenvalue weighted by Gasteiger charge is -2.51. The Balaban J connectivity index is 1.44.